The van der Waals surface area contributed by atoms with Gasteiger partial charge in [-0.15, -0.1) is 23.1 Å². The zero-order valence-corrected chi connectivity index (χ0v) is 29.9. The van der Waals surface area contributed by atoms with Crippen LogP contribution in [0.25, 0.3) is 0 Å². The molecule has 5 rings (SSSR count). The molecule has 246 valence electrons. The molecule has 1 atom stereocenters. The number of piperazine rings is 1. The second-order valence-electron chi connectivity index (χ2n) is 11.3. The molecule has 1 unspecified atom stereocenters. The molecule has 4 heterocycles. The zero-order chi connectivity index (χ0) is 32.8. The van der Waals surface area contributed by atoms with Crippen molar-refractivity contribution in [3.63, 3.8) is 0 Å². The first-order chi connectivity index (χ1) is 22.1. The Bertz CT molecular complexity index is 1500. The normalized spacial score (nSPS) is 18.0. The molecule has 4 N–H and O–H groups in total. The minimum Gasteiger partial charge on any atom is -0.412 e. The summed E-state index contributed by atoms with van der Waals surface area (Å²) in [7, 11) is 2.13. The molecule has 3 aliphatic rings. The van der Waals surface area contributed by atoms with Crippen LogP contribution in [0, 0.1) is 6.92 Å². The lowest BCUT2D eigenvalue weighted by atomic mass is 10.1. The molecule has 1 aromatic carbocycles. The Labute approximate surface area is 290 Å². The van der Waals surface area contributed by atoms with E-state index in [1.54, 1.807) is 11.3 Å². The maximum absolute atomic E-state index is 12.9. The molecule has 3 aliphatic heterocycles. The number of benzene rings is 1. The maximum Gasteiger partial charge on any atom is 0.473 e. The summed E-state index contributed by atoms with van der Waals surface area (Å²) >= 11 is 4.78. The number of hydrogen-bond acceptors (Lipinski definition) is 12. The van der Waals surface area contributed by atoms with Crippen molar-refractivity contribution >= 4 is 96.2 Å². The van der Waals surface area contributed by atoms with Crippen molar-refractivity contribution in [2.24, 2.45) is 4.99 Å². The lowest BCUT2D eigenvalue weighted by molar-refractivity contribution is -0.142. The highest BCUT2D eigenvalue weighted by atomic mass is 127. The van der Waals surface area contributed by atoms with E-state index in [1.807, 2.05) is 47.5 Å². The van der Waals surface area contributed by atoms with Crippen LogP contribution in [0.15, 0.2) is 29.3 Å². The van der Waals surface area contributed by atoms with Crippen LogP contribution >= 0.6 is 45.5 Å². The summed E-state index contributed by atoms with van der Waals surface area (Å²) < 4.78 is 5.42. The van der Waals surface area contributed by atoms with Crippen LogP contribution in [0.2, 0.25) is 0 Å². The van der Waals surface area contributed by atoms with E-state index in [0.29, 0.717) is 6.61 Å². The van der Waals surface area contributed by atoms with Crippen molar-refractivity contribution < 1.29 is 23.8 Å². The number of hydrogen-bond donors (Lipinski definition) is 4. The van der Waals surface area contributed by atoms with E-state index in [1.165, 1.54) is 4.88 Å². The minimum absolute atomic E-state index is 0.0207. The lowest BCUT2D eigenvalue weighted by Crippen LogP contribution is -2.47. The first kappa shape index (κ1) is 34.6. The molecule has 2 saturated heterocycles. The van der Waals surface area contributed by atoms with E-state index in [4.69, 9.17) is 9.65 Å². The standard InChI is InChI=1S/C29H38BIN8O5S2/c1-4-11-44-30(31)36-35-25(41)17-45-23-14-26(42)39(29(23)43)16-24(40)32-15-19-5-6-21-22(13-19)33-27(38-9-7-37(3)8-10-38)20-12-18(2)46-28(20)34-21/h5-6,12-13,23,34,36H,4,7-11,14-17H2,1-3H3,(H,32,40)(H,35,41). The van der Waals surface area contributed by atoms with Crippen molar-refractivity contribution in [1.82, 2.24) is 30.8 Å². The van der Waals surface area contributed by atoms with Gasteiger partial charge < -0.3 is 25.1 Å². The van der Waals surface area contributed by atoms with Crippen molar-refractivity contribution in [3.8, 4) is 0 Å². The number of imide groups is 1. The minimum atomic E-state index is -0.714. The van der Waals surface area contributed by atoms with E-state index in [9.17, 15) is 19.2 Å². The van der Waals surface area contributed by atoms with Crippen LogP contribution in [0.3, 0.4) is 0 Å². The van der Waals surface area contributed by atoms with Crippen molar-refractivity contribution in [2.45, 2.75) is 38.5 Å². The molecule has 0 bridgehead atoms. The van der Waals surface area contributed by atoms with Gasteiger partial charge in [0.2, 0.25) is 23.6 Å². The van der Waals surface area contributed by atoms with E-state index < -0.39 is 23.0 Å². The number of aryl methyl sites for hydroxylation is 1. The lowest BCUT2D eigenvalue weighted by Gasteiger charge is -2.34. The van der Waals surface area contributed by atoms with Gasteiger partial charge in [-0.3, -0.25) is 29.5 Å². The number of likely N-dealkylation sites (N-methyl/N-ethyl adjacent to an activating group) is 1. The number of aliphatic imine (C=N–C) groups is 1. The molecule has 0 spiro atoms. The van der Waals surface area contributed by atoms with Crippen LogP contribution in [0.1, 0.15) is 35.8 Å². The topological polar surface area (TPSA) is 148 Å². The summed E-state index contributed by atoms with van der Waals surface area (Å²) in [5.74, 6) is -0.753. The van der Waals surface area contributed by atoms with E-state index in [2.05, 4.69) is 51.2 Å². The highest BCUT2D eigenvalue weighted by Gasteiger charge is 2.40. The van der Waals surface area contributed by atoms with Crippen LogP contribution < -0.4 is 21.4 Å². The number of rotatable bonds is 12. The van der Waals surface area contributed by atoms with Gasteiger partial charge in [-0.05, 0) is 44.2 Å². The summed E-state index contributed by atoms with van der Waals surface area (Å²) in [4.78, 5) is 62.1. The number of amidine groups is 1. The van der Waals surface area contributed by atoms with E-state index in [0.717, 1.165) is 82.6 Å². The smallest absolute Gasteiger partial charge is 0.412 e. The Kier molecular flexibility index (Phi) is 12.0. The third-order valence-corrected chi connectivity index (χ3v) is 10.5. The number of anilines is 2. The van der Waals surface area contributed by atoms with Crippen LogP contribution in [-0.2, 0) is 30.4 Å². The number of nitrogens with zero attached hydrogens (tertiary/aromatic N) is 4. The summed E-state index contributed by atoms with van der Waals surface area (Å²) in [5, 5.41) is 9.48. The summed E-state index contributed by atoms with van der Waals surface area (Å²) in [6.45, 7) is 8.19. The Morgan fingerprint density at radius 1 is 1.20 bits per heavy atom. The molecule has 2 fully saturated rings. The van der Waals surface area contributed by atoms with Crippen molar-refractivity contribution in [2.75, 3.05) is 57.4 Å². The summed E-state index contributed by atoms with van der Waals surface area (Å²) in [5.41, 5.74) is 6.15. The van der Waals surface area contributed by atoms with Crippen LogP contribution in [0.5, 0.6) is 0 Å². The second kappa shape index (κ2) is 15.9. The van der Waals surface area contributed by atoms with Crippen LogP contribution in [0.4, 0.5) is 16.4 Å². The monoisotopic (exact) mass is 780 g/mol. The van der Waals surface area contributed by atoms with Gasteiger partial charge in [0.25, 0.3) is 0 Å². The van der Waals surface area contributed by atoms with Gasteiger partial charge in [0.1, 0.15) is 17.4 Å². The number of halogens is 1. The fraction of sp³-hybridized carbons (Fsp3) is 0.483. The molecule has 1 aromatic heterocycles. The molecule has 4 amide bonds. The van der Waals surface area contributed by atoms with Gasteiger partial charge in [-0.1, -0.05) is 35.4 Å². The number of fused-ring (bicyclic) bond motifs is 2. The molecule has 0 radical (unpaired) electrons. The molecule has 17 heteroatoms. The summed E-state index contributed by atoms with van der Waals surface area (Å²) in [6.07, 6.45) is 0.801. The zero-order valence-electron chi connectivity index (χ0n) is 26.1. The number of carbonyl (C=O) groups excluding carboxylic acids is 4. The predicted molar refractivity (Wildman–Crippen MR) is 191 cm³/mol. The Morgan fingerprint density at radius 2 is 1.98 bits per heavy atom. The quantitative estimate of drug-likeness (QED) is 0.110. The number of thiophene rings is 1. The average molecular weight is 781 g/mol. The molecule has 46 heavy (non-hydrogen) atoms. The number of thioether (sulfide) groups is 1. The first-order valence-corrected chi connectivity index (χ1v) is 18.3. The third-order valence-electron chi connectivity index (χ3n) is 7.64. The Morgan fingerprint density at radius 3 is 2.74 bits per heavy atom. The van der Waals surface area contributed by atoms with Gasteiger partial charge in [-0.2, -0.15) is 0 Å². The number of hydrazine groups is 1. The summed E-state index contributed by atoms with van der Waals surface area (Å²) in [6, 6.07) is 8.03. The molecule has 13 nitrogen and oxygen atoms in total. The number of likely N-dealkylation sites (tertiary alicyclic amines) is 1. The predicted octanol–water partition coefficient (Wildman–Crippen LogP) is 2.38. The molecular weight excluding hydrogens is 742 g/mol. The van der Waals surface area contributed by atoms with Gasteiger partial charge in [0, 0.05) is 50.6 Å². The second-order valence-corrected chi connectivity index (χ2v) is 14.9. The first-order valence-electron chi connectivity index (χ1n) is 15.2. The molecule has 0 saturated carbocycles. The number of nitrogens with one attached hydrogen (secondary N) is 4. The molecular formula is C29H38BIN8O5S2. The van der Waals surface area contributed by atoms with Gasteiger partial charge in [0.15, 0.2) is 0 Å². The van der Waals surface area contributed by atoms with Crippen molar-refractivity contribution in [3.05, 3.63) is 40.3 Å². The highest BCUT2D eigenvalue weighted by molar-refractivity contribution is 14.1. The molecule has 2 aromatic rings. The van der Waals surface area contributed by atoms with Gasteiger partial charge in [-0.25, -0.2) is 10.3 Å². The SMILES string of the molecule is CCCOB(I)NNC(=O)CSC1CC(=O)N(CC(=O)NCc2ccc3c(c2)N=C(N2CCN(C)CC2)c2cc(C)sc2N3)C1=O. The number of carbonyl (C=O) groups is 4. The fourth-order valence-electron chi connectivity index (χ4n) is 5.18. The fourth-order valence-corrected chi connectivity index (χ4v) is 7.46. The highest BCUT2D eigenvalue weighted by Crippen LogP contribution is 2.39. The third kappa shape index (κ3) is 8.80. The van der Waals surface area contributed by atoms with Gasteiger partial charge >= 0.3 is 4.91 Å². The maximum atomic E-state index is 12.9. The van der Waals surface area contributed by atoms with E-state index >= 15 is 0 Å². The van der Waals surface area contributed by atoms with Crippen molar-refractivity contribution in [1.29, 1.82) is 0 Å². The Hall–Kier alpha value is -2.71. The van der Waals surface area contributed by atoms with E-state index in [-0.39, 0.29) is 36.1 Å². The van der Waals surface area contributed by atoms with Crippen LogP contribution in [-0.4, -0.2) is 106 Å². The molecule has 0 aliphatic carbocycles. The Balaban J connectivity index is 1.15. The van der Waals surface area contributed by atoms with Gasteiger partial charge in [0.05, 0.1) is 27.9 Å². The largest absolute Gasteiger partial charge is 0.473 e. The average Bonchev–Trinajstić information content (AvgIpc) is 3.48. The number of amides is 4.